The zero-order valence-electron chi connectivity index (χ0n) is 13.0. The van der Waals surface area contributed by atoms with Crippen LogP contribution in [0.2, 0.25) is 0 Å². The molecule has 0 amide bonds. The standard InChI is InChI=1S/C19H13N5/c1-13-7-9-16(10-8-13)24-18(22)17(15(11-20)12-21)23-19(24)14-5-3-2-4-6-14/h2-10,22H,1H3. The van der Waals surface area contributed by atoms with E-state index in [1.165, 1.54) is 0 Å². The van der Waals surface area contributed by atoms with Crippen molar-refractivity contribution in [3.8, 4) is 12.1 Å². The summed E-state index contributed by atoms with van der Waals surface area (Å²) in [6, 6.07) is 20.7. The van der Waals surface area contributed by atoms with Gasteiger partial charge in [-0.15, -0.1) is 0 Å². The number of benzene rings is 2. The highest BCUT2D eigenvalue weighted by molar-refractivity contribution is 6.33. The minimum Gasteiger partial charge on any atom is -0.282 e. The average Bonchev–Trinajstić information content (AvgIpc) is 2.95. The van der Waals surface area contributed by atoms with Crippen LogP contribution in [0.15, 0.2) is 70.9 Å². The Hall–Kier alpha value is -3.70. The second-order valence-electron chi connectivity index (χ2n) is 5.27. The summed E-state index contributed by atoms with van der Waals surface area (Å²) in [5, 5.41) is 26.7. The molecule has 0 fully saturated rings. The maximum atomic E-state index is 9.14. The summed E-state index contributed by atoms with van der Waals surface area (Å²) in [5.41, 5.74) is 2.61. The molecule has 0 aromatic heterocycles. The molecular formula is C19H13N5. The van der Waals surface area contributed by atoms with E-state index in [1.807, 2.05) is 73.7 Å². The van der Waals surface area contributed by atoms with Crippen molar-refractivity contribution >= 4 is 17.4 Å². The number of nitrogens with one attached hydrogen (secondary N) is 1. The van der Waals surface area contributed by atoms with E-state index in [0.717, 1.165) is 16.8 Å². The molecule has 0 saturated carbocycles. The van der Waals surface area contributed by atoms with Gasteiger partial charge in [-0.3, -0.25) is 10.3 Å². The maximum Gasteiger partial charge on any atom is 0.159 e. The number of anilines is 1. The van der Waals surface area contributed by atoms with Crippen LogP contribution in [0.4, 0.5) is 5.69 Å². The second-order valence-corrected chi connectivity index (χ2v) is 5.27. The van der Waals surface area contributed by atoms with Gasteiger partial charge in [-0.1, -0.05) is 48.0 Å². The Morgan fingerprint density at radius 3 is 2.21 bits per heavy atom. The quantitative estimate of drug-likeness (QED) is 0.860. The predicted octanol–water partition coefficient (Wildman–Crippen LogP) is 3.54. The summed E-state index contributed by atoms with van der Waals surface area (Å²) in [6.45, 7) is 1.99. The molecule has 0 spiro atoms. The number of rotatable bonds is 2. The van der Waals surface area contributed by atoms with Crippen LogP contribution < -0.4 is 4.90 Å². The van der Waals surface area contributed by atoms with Crippen molar-refractivity contribution in [1.82, 2.24) is 0 Å². The predicted molar refractivity (Wildman–Crippen MR) is 92.6 cm³/mol. The number of nitrogens with zero attached hydrogens (tertiary/aromatic N) is 4. The van der Waals surface area contributed by atoms with E-state index >= 15 is 0 Å². The van der Waals surface area contributed by atoms with Gasteiger partial charge in [0.25, 0.3) is 0 Å². The number of aliphatic imine (C=N–C) groups is 1. The summed E-state index contributed by atoms with van der Waals surface area (Å²) >= 11 is 0. The third kappa shape index (κ3) is 2.55. The Bertz CT molecular complexity index is 922. The van der Waals surface area contributed by atoms with Crippen LogP contribution in [0, 0.1) is 35.0 Å². The van der Waals surface area contributed by atoms with Crippen LogP contribution in [-0.4, -0.2) is 11.7 Å². The molecule has 5 heteroatoms. The molecule has 0 saturated heterocycles. The van der Waals surface area contributed by atoms with Gasteiger partial charge < -0.3 is 0 Å². The number of hydrogen-bond acceptors (Lipinski definition) is 4. The lowest BCUT2D eigenvalue weighted by atomic mass is 10.1. The third-order valence-corrected chi connectivity index (χ3v) is 3.66. The van der Waals surface area contributed by atoms with Gasteiger partial charge in [-0.05, 0) is 19.1 Å². The molecule has 0 atom stereocenters. The first-order valence-electron chi connectivity index (χ1n) is 7.30. The fourth-order valence-corrected chi connectivity index (χ4v) is 2.45. The molecule has 24 heavy (non-hydrogen) atoms. The van der Waals surface area contributed by atoms with Crippen molar-refractivity contribution in [1.29, 1.82) is 15.9 Å². The molecule has 0 unspecified atom stereocenters. The number of allylic oxidation sites excluding steroid dienone is 1. The highest BCUT2D eigenvalue weighted by Crippen LogP contribution is 2.28. The lowest BCUT2D eigenvalue weighted by Gasteiger charge is -2.20. The summed E-state index contributed by atoms with van der Waals surface area (Å²) < 4.78 is 0. The Kier molecular flexibility index (Phi) is 3.93. The summed E-state index contributed by atoms with van der Waals surface area (Å²) in [6.07, 6.45) is 0. The molecule has 3 rings (SSSR count). The SMILES string of the molecule is Cc1ccc(N2C(=N)C(=C(C#N)C#N)N=C2c2ccccc2)cc1. The highest BCUT2D eigenvalue weighted by Gasteiger charge is 2.31. The fourth-order valence-electron chi connectivity index (χ4n) is 2.45. The Morgan fingerprint density at radius 2 is 1.62 bits per heavy atom. The Morgan fingerprint density at radius 1 is 1.00 bits per heavy atom. The highest BCUT2D eigenvalue weighted by atomic mass is 15.3. The van der Waals surface area contributed by atoms with Crippen molar-refractivity contribution in [2.24, 2.45) is 4.99 Å². The molecule has 2 aromatic rings. The number of nitriles is 2. The maximum absolute atomic E-state index is 9.14. The molecule has 1 aliphatic heterocycles. The van der Waals surface area contributed by atoms with Crippen LogP contribution in [-0.2, 0) is 0 Å². The largest absolute Gasteiger partial charge is 0.282 e. The van der Waals surface area contributed by atoms with E-state index in [-0.39, 0.29) is 17.1 Å². The van der Waals surface area contributed by atoms with Gasteiger partial charge in [0.1, 0.15) is 23.7 Å². The monoisotopic (exact) mass is 311 g/mol. The van der Waals surface area contributed by atoms with E-state index in [1.54, 1.807) is 4.90 Å². The van der Waals surface area contributed by atoms with Gasteiger partial charge in [0, 0.05) is 11.3 Å². The van der Waals surface area contributed by atoms with Crippen LogP contribution in [0.1, 0.15) is 11.1 Å². The molecule has 1 heterocycles. The first kappa shape index (κ1) is 15.2. The number of aryl methyl sites for hydroxylation is 1. The van der Waals surface area contributed by atoms with Crippen LogP contribution in [0.25, 0.3) is 0 Å². The molecule has 0 aliphatic carbocycles. The lowest BCUT2D eigenvalue weighted by molar-refractivity contribution is 1.34. The van der Waals surface area contributed by atoms with Gasteiger partial charge in [0.05, 0.1) is 0 Å². The van der Waals surface area contributed by atoms with Crippen LogP contribution >= 0.6 is 0 Å². The topological polar surface area (TPSA) is 87.0 Å². The van der Waals surface area contributed by atoms with Crippen molar-refractivity contribution in [2.75, 3.05) is 4.90 Å². The van der Waals surface area contributed by atoms with Gasteiger partial charge in [0.15, 0.2) is 11.4 Å². The molecule has 114 valence electrons. The molecule has 0 radical (unpaired) electrons. The van der Waals surface area contributed by atoms with Crippen molar-refractivity contribution < 1.29 is 0 Å². The number of amidine groups is 2. The van der Waals surface area contributed by atoms with E-state index < -0.39 is 0 Å². The van der Waals surface area contributed by atoms with Gasteiger partial charge in [-0.25, -0.2) is 4.99 Å². The Balaban J connectivity index is 2.20. The van der Waals surface area contributed by atoms with E-state index in [9.17, 15) is 0 Å². The van der Waals surface area contributed by atoms with Crippen molar-refractivity contribution in [3.63, 3.8) is 0 Å². The first-order valence-corrected chi connectivity index (χ1v) is 7.30. The lowest BCUT2D eigenvalue weighted by Crippen LogP contribution is -2.32. The molecule has 1 aliphatic rings. The van der Waals surface area contributed by atoms with Crippen LogP contribution in [0.5, 0.6) is 0 Å². The minimum absolute atomic E-state index is 0.0239. The van der Waals surface area contributed by atoms with E-state index in [2.05, 4.69) is 4.99 Å². The summed E-state index contributed by atoms with van der Waals surface area (Å²) in [5.74, 6) is 0.554. The third-order valence-electron chi connectivity index (χ3n) is 3.66. The van der Waals surface area contributed by atoms with Crippen LogP contribution in [0.3, 0.4) is 0 Å². The van der Waals surface area contributed by atoms with E-state index in [4.69, 9.17) is 15.9 Å². The Labute approximate surface area is 139 Å². The summed E-state index contributed by atoms with van der Waals surface area (Å²) in [7, 11) is 0. The molecule has 0 bridgehead atoms. The normalized spacial score (nSPS) is 13.3. The van der Waals surface area contributed by atoms with Gasteiger partial charge in [-0.2, -0.15) is 10.5 Å². The minimum atomic E-state index is -0.164. The second kappa shape index (κ2) is 6.20. The molecule has 5 nitrogen and oxygen atoms in total. The smallest absolute Gasteiger partial charge is 0.159 e. The molecule has 1 N–H and O–H groups in total. The van der Waals surface area contributed by atoms with E-state index in [0.29, 0.717) is 5.84 Å². The number of hydrogen-bond donors (Lipinski definition) is 1. The van der Waals surface area contributed by atoms with Crippen molar-refractivity contribution in [3.05, 3.63) is 77.0 Å². The van der Waals surface area contributed by atoms with Gasteiger partial charge >= 0.3 is 0 Å². The average molecular weight is 311 g/mol. The zero-order valence-corrected chi connectivity index (χ0v) is 13.0. The van der Waals surface area contributed by atoms with Crippen molar-refractivity contribution in [2.45, 2.75) is 6.92 Å². The first-order chi connectivity index (χ1) is 11.7. The van der Waals surface area contributed by atoms with Gasteiger partial charge in [0.2, 0.25) is 0 Å². The fraction of sp³-hybridized carbons (Fsp3) is 0.0526. The summed E-state index contributed by atoms with van der Waals surface area (Å²) in [4.78, 5) is 6.07. The zero-order chi connectivity index (χ0) is 17.1. The molecular weight excluding hydrogens is 298 g/mol. The molecule has 2 aromatic carbocycles.